The minimum Gasteiger partial charge on any atom is -0.469 e. The zero-order valence-electron chi connectivity index (χ0n) is 11.4. The lowest BCUT2D eigenvalue weighted by Crippen LogP contribution is -1.99. The molecule has 0 spiro atoms. The quantitative estimate of drug-likeness (QED) is 0.447. The summed E-state index contributed by atoms with van der Waals surface area (Å²) in [6.45, 7) is 1.85. The SMILES string of the molecule is COC(=O)CCCCCCCCCC[C@@H](C)O. The van der Waals surface area contributed by atoms with Crippen LogP contribution in [0.15, 0.2) is 0 Å². The van der Waals surface area contributed by atoms with Gasteiger partial charge < -0.3 is 9.84 Å². The molecule has 0 aliphatic rings. The van der Waals surface area contributed by atoms with Gasteiger partial charge in [-0.1, -0.05) is 44.9 Å². The van der Waals surface area contributed by atoms with Gasteiger partial charge in [0.25, 0.3) is 0 Å². The van der Waals surface area contributed by atoms with E-state index < -0.39 is 0 Å². The van der Waals surface area contributed by atoms with E-state index in [4.69, 9.17) is 5.11 Å². The molecular weight excluding hydrogens is 216 g/mol. The van der Waals surface area contributed by atoms with Gasteiger partial charge in [0, 0.05) is 6.42 Å². The van der Waals surface area contributed by atoms with Crippen LogP contribution in [0.25, 0.3) is 0 Å². The van der Waals surface area contributed by atoms with E-state index in [-0.39, 0.29) is 12.1 Å². The molecule has 1 atom stereocenters. The van der Waals surface area contributed by atoms with E-state index in [1.165, 1.54) is 39.2 Å². The van der Waals surface area contributed by atoms with Crippen LogP contribution in [0.3, 0.4) is 0 Å². The van der Waals surface area contributed by atoms with Crippen molar-refractivity contribution in [2.75, 3.05) is 7.11 Å². The number of esters is 1. The number of methoxy groups -OCH3 is 1. The molecule has 0 aromatic rings. The van der Waals surface area contributed by atoms with E-state index in [0.717, 1.165) is 25.7 Å². The minimum atomic E-state index is -0.145. The summed E-state index contributed by atoms with van der Waals surface area (Å²) in [5, 5.41) is 9.08. The highest BCUT2D eigenvalue weighted by atomic mass is 16.5. The Morgan fingerprint density at radius 2 is 1.47 bits per heavy atom. The summed E-state index contributed by atoms with van der Waals surface area (Å²) < 4.78 is 4.58. The van der Waals surface area contributed by atoms with E-state index in [2.05, 4.69) is 4.74 Å². The van der Waals surface area contributed by atoms with Crippen LogP contribution in [0.1, 0.15) is 71.1 Å². The first kappa shape index (κ1) is 16.4. The molecule has 0 amide bonds. The monoisotopic (exact) mass is 244 g/mol. The van der Waals surface area contributed by atoms with Gasteiger partial charge in [0.15, 0.2) is 0 Å². The van der Waals surface area contributed by atoms with Crippen molar-refractivity contribution in [2.24, 2.45) is 0 Å². The summed E-state index contributed by atoms with van der Waals surface area (Å²) in [5.74, 6) is -0.0943. The molecule has 0 aromatic carbocycles. The van der Waals surface area contributed by atoms with Crippen LogP contribution in [0.5, 0.6) is 0 Å². The summed E-state index contributed by atoms with van der Waals surface area (Å²) in [7, 11) is 1.44. The highest BCUT2D eigenvalue weighted by molar-refractivity contribution is 5.68. The van der Waals surface area contributed by atoms with Gasteiger partial charge in [-0.05, 0) is 19.8 Å². The maximum Gasteiger partial charge on any atom is 0.305 e. The average Bonchev–Trinajstić information content (AvgIpc) is 2.30. The van der Waals surface area contributed by atoms with Gasteiger partial charge >= 0.3 is 5.97 Å². The Hall–Kier alpha value is -0.570. The Balaban J connectivity index is 3.01. The fourth-order valence-corrected chi connectivity index (χ4v) is 1.87. The Morgan fingerprint density at radius 1 is 1.00 bits per heavy atom. The Kier molecular flexibility index (Phi) is 11.5. The molecular formula is C14H28O3. The first-order chi connectivity index (χ1) is 8.16. The van der Waals surface area contributed by atoms with Crippen LogP contribution in [-0.2, 0) is 9.53 Å². The van der Waals surface area contributed by atoms with Crippen molar-refractivity contribution in [3.8, 4) is 0 Å². The lowest BCUT2D eigenvalue weighted by molar-refractivity contribution is -0.140. The van der Waals surface area contributed by atoms with Crippen LogP contribution < -0.4 is 0 Å². The summed E-state index contributed by atoms with van der Waals surface area (Å²) in [6, 6.07) is 0. The zero-order valence-corrected chi connectivity index (χ0v) is 11.4. The number of carbonyl (C=O) groups excluding carboxylic acids is 1. The molecule has 0 unspecified atom stereocenters. The number of unbranched alkanes of at least 4 members (excludes halogenated alkanes) is 7. The van der Waals surface area contributed by atoms with Crippen LogP contribution in [0.2, 0.25) is 0 Å². The molecule has 102 valence electrons. The standard InChI is InChI=1S/C14H28O3/c1-13(15)11-9-7-5-3-4-6-8-10-12-14(16)17-2/h13,15H,3-12H2,1-2H3/t13-/m1/s1. The lowest BCUT2D eigenvalue weighted by Gasteiger charge is -2.04. The van der Waals surface area contributed by atoms with Crippen LogP contribution in [0.4, 0.5) is 0 Å². The smallest absolute Gasteiger partial charge is 0.305 e. The number of hydrogen-bond acceptors (Lipinski definition) is 3. The molecule has 3 nitrogen and oxygen atoms in total. The predicted octanol–water partition coefficient (Wildman–Crippen LogP) is 3.44. The van der Waals surface area contributed by atoms with Gasteiger partial charge in [-0.3, -0.25) is 4.79 Å². The van der Waals surface area contributed by atoms with Gasteiger partial charge in [0.05, 0.1) is 13.2 Å². The van der Waals surface area contributed by atoms with Crippen molar-refractivity contribution >= 4 is 5.97 Å². The molecule has 0 aromatic heterocycles. The van der Waals surface area contributed by atoms with Gasteiger partial charge in [0.1, 0.15) is 0 Å². The first-order valence-electron chi connectivity index (χ1n) is 6.91. The van der Waals surface area contributed by atoms with Crippen LogP contribution >= 0.6 is 0 Å². The first-order valence-corrected chi connectivity index (χ1v) is 6.91. The number of rotatable bonds is 11. The number of aliphatic hydroxyl groups is 1. The maximum atomic E-state index is 10.8. The molecule has 0 saturated carbocycles. The second-order valence-electron chi connectivity index (χ2n) is 4.79. The summed E-state index contributed by atoms with van der Waals surface area (Å²) in [5.41, 5.74) is 0. The third kappa shape index (κ3) is 13.4. The Morgan fingerprint density at radius 3 is 1.94 bits per heavy atom. The van der Waals surface area contributed by atoms with Gasteiger partial charge in [0.2, 0.25) is 0 Å². The van der Waals surface area contributed by atoms with Crippen LogP contribution in [-0.4, -0.2) is 24.3 Å². The summed E-state index contributed by atoms with van der Waals surface area (Å²) >= 11 is 0. The fraction of sp³-hybridized carbons (Fsp3) is 0.929. The molecule has 0 saturated heterocycles. The summed E-state index contributed by atoms with van der Waals surface area (Å²) in [6.07, 6.45) is 10.8. The van der Waals surface area contributed by atoms with Crippen molar-refractivity contribution in [2.45, 2.75) is 77.2 Å². The van der Waals surface area contributed by atoms with Crippen LogP contribution in [0, 0.1) is 0 Å². The molecule has 1 N–H and O–H groups in total. The summed E-state index contributed by atoms with van der Waals surface area (Å²) in [4.78, 5) is 10.8. The lowest BCUT2D eigenvalue weighted by atomic mass is 10.1. The van der Waals surface area contributed by atoms with Crippen molar-refractivity contribution in [3.63, 3.8) is 0 Å². The third-order valence-electron chi connectivity index (χ3n) is 2.98. The highest BCUT2D eigenvalue weighted by Crippen LogP contribution is 2.11. The molecule has 0 heterocycles. The molecule has 0 aliphatic heterocycles. The van der Waals surface area contributed by atoms with E-state index in [0.29, 0.717) is 6.42 Å². The highest BCUT2D eigenvalue weighted by Gasteiger charge is 1.99. The van der Waals surface area contributed by atoms with Crippen molar-refractivity contribution < 1.29 is 14.6 Å². The average molecular weight is 244 g/mol. The topological polar surface area (TPSA) is 46.5 Å². The normalized spacial score (nSPS) is 12.4. The van der Waals surface area contributed by atoms with Crippen molar-refractivity contribution in [1.29, 1.82) is 0 Å². The number of aliphatic hydroxyl groups excluding tert-OH is 1. The van der Waals surface area contributed by atoms with Crippen molar-refractivity contribution in [3.05, 3.63) is 0 Å². The van der Waals surface area contributed by atoms with E-state index in [1.54, 1.807) is 0 Å². The van der Waals surface area contributed by atoms with E-state index in [9.17, 15) is 4.79 Å². The van der Waals surface area contributed by atoms with E-state index >= 15 is 0 Å². The molecule has 0 aliphatic carbocycles. The Bertz CT molecular complexity index is 178. The molecule has 17 heavy (non-hydrogen) atoms. The van der Waals surface area contributed by atoms with E-state index in [1.807, 2.05) is 6.92 Å². The zero-order chi connectivity index (χ0) is 12.9. The second-order valence-corrected chi connectivity index (χ2v) is 4.79. The predicted molar refractivity (Wildman–Crippen MR) is 69.9 cm³/mol. The number of hydrogen-bond donors (Lipinski definition) is 1. The molecule has 0 fully saturated rings. The number of ether oxygens (including phenoxy) is 1. The van der Waals surface area contributed by atoms with Crippen molar-refractivity contribution in [1.82, 2.24) is 0 Å². The van der Waals surface area contributed by atoms with Gasteiger partial charge in [-0.2, -0.15) is 0 Å². The largest absolute Gasteiger partial charge is 0.469 e. The molecule has 0 rings (SSSR count). The Labute approximate surface area is 106 Å². The third-order valence-corrected chi connectivity index (χ3v) is 2.98. The fourth-order valence-electron chi connectivity index (χ4n) is 1.87. The maximum absolute atomic E-state index is 10.8. The van der Waals surface area contributed by atoms with Gasteiger partial charge in [-0.15, -0.1) is 0 Å². The molecule has 3 heteroatoms. The number of carbonyl (C=O) groups is 1. The second kappa shape index (κ2) is 11.9. The molecule has 0 bridgehead atoms. The molecule has 0 radical (unpaired) electrons. The van der Waals surface area contributed by atoms with Gasteiger partial charge in [-0.25, -0.2) is 0 Å². The minimum absolute atomic E-state index is 0.0943.